The molecule has 1 fully saturated rings. The maximum Gasteiger partial charge on any atom is 0.407 e. The number of hydrogen-bond donors (Lipinski definition) is 5. The molecule has 3 aliphatic rings. The number of alkyl carbamates (subject to hydrolysis) is 1. The van der Waals surface area contributed by atoms with E-state index >= 15 is 0 Å². The van der Waals surface area contributed by atoms with E-state index in [1.165, 1.54) is 32.2 Å². The summed E-state index contributed by atoms with van der Waals surface area (Å²) in [5, 5.41) is 47.6. The van der Waals surface area contributed by atoms with Gasteiger partial charge in [-0.2, -0.15) is 0 Å². The Bertz CT molecular complexity index is 1630. The summed E-state index contributed by atoms with van der Waals surface area (Å²) in [5.74, 6) is -3.58. The third-order valence-electron chi connectivity index (χ3n) is 8.42. The van der Waals surface area contributed by atoms with E-state index in [4.69, 9.17) is 53.8 Å². The summed E-state index contributed by atoms with van der Waals surface area (Å²) in [7, 11) is 1.31. The fourth-order valence-electron chi connectivity index (χ4n) is 6.11. The van der Waals surface area contributed by atoms with Crippen molar-refractivity contribution in [1.82, 2.24) is 5.32 Å². The molecule has 16 heteroatoms. The molecule has 2 aliphatic carbocycles. The fraction of sp³-hybridized carbons (Fsp3) is 0.467. The molecule has 1 amide bonds. The summed E-state index contributed by atoms with van der Waals surface area (Å²) >= 11 is 16.9. The molecule has 0 radical (unpaired) electrons. The standard InChI is InChI=1S/C30H30Cl3NO12/c1-11-23(36)15(34-28(41)44-10-30(31,32)33)7-18(45-11)46-17-9-29(42,12(2)35)8-14-20(17)27(40)22-21(25(14)38)24(37)13-5-4-6-16(43-3)19(13)26(22)39/h4-6,11,15,17-18,23,36,38,40,42H,7-10H2,1-3H3,(H,34,41)/t11?,15?,17-,18?,23?,29-/m0/s1. The zero-order valence-corrected chi connectivity index (χ0v) is 26.9. The van der Waals surface area contributed by atoms with Crippen molar-refractivity contribution in [3.63, 3.8) is 0 Å². The molecular weight excluding hydrogens is 673 g/mol. The first-order valence-electron chi connectivity index (χ1n) is 14.1. The number of nitrogens with one attached hydrogen (secondary N) is 1. The first-order valence-corrected chi connectivity index (χ1v) is 15.2. The third kappa shape index (κ3) is 6.13. The van der Waals surface area contributed by atoms with Crippen LogP contribution in [0.4, 0.5) is 4.79 Å². The van der Waals surface area contributed by atoms with Gasteiger partial charge in [0.05, 0.1) is 42.0 Å². The molecule has 0 spiro atoms. The van der Waals surface area contributed by atoms with Crippen LogP contribution in [-0.4, -0.2) is 91.5 Å². The minimum absolute atomic E-state index is 0.0639. The number of carbonyl (C=O) groups is 4. The predicted molar refractivity (Wildman–Crippen MR) is 161 cm³/mol. The van der Waals surface area contributed by atoms with E-state index in [0.717, 1.165) is 6.92 Å². The Labute approximate surface area is 277 Å². The molecule has 2 aromatic carbocycles. The van der Waals surface area contributed by atoms with Gasteiger partial charge in [0.2, 0.25) is 9.58 Å². The summed E-state index contributed by atoms with van der Waals surface area (Å²) in [4.78, 5) is 52.4. The van der Waals surface area contributed by atoms with Crippen LogP contribution < -0.4 is 10.1 Å². The Balaban J connectivity index is 1.54. The Morgan fingerprint density at radius 3 is 2.41 bits per heavy atom. The van der Waals surface area contributed by atoms with Crippen LogP contribution in [0.15, 0.2) is 18.2 Å². The van der Waals surface area contributed by atoms with Gasteiger partial charge in [0.25, 0.3) is 0 Å². The van der Waals surface area contributed by atoms with Gasteiger partial charge in [-0.15, -0.1) is 0 Å². The van der Waals surface area contributed by atoms with Gasteiger partial charge in [-0.05, 0) is 19.9 Å². The lowest BCUT2D eigenvalue weighted by atomic mass is 9.72. The average Bonchev–Trinajstić information content (AvgIpc) is 2.98. The van der Waals surface area contributed by atoms with E-state index in [2.05, 4.69) is 5.32 Å². The number of aliphatic hydroxyl groups excluding tert-OH is 1. The van der Waals surface area contributed by atoms with E-state index < -0.39 is 106 Å². The van der Waals surface area contributed by atoms with Gasteiger partial charge in [-0.25, -0.2) is 4.79 Å². The maximum absolute atomic E-state index is 13.8. The molecule has 0 saturated carbocycles. The normalized spacial score (nSPS) is 27.3. The minimum atomic E-state index is -2.11. The highest BCUT2D eigenvalue weighted by Gasteiger charge is 2.49. The van der Waals surface area contributed by atoms with Gasteiger partial charge in [0.15, 0.2) is 17.9 Å². The van der Waals surface area contributed by atoms with Crippen LogP contribution in [0.1, 0.15) is 75.8 Å². The summed E-state index contributed by atoms with van der Waals surface area (Å²) in [6.45, 7) is 2.05. The van der Waals surface area contributed by atoms with Crippen molar-refractivity contribution in [2.75, 3.05) is 13.7 Å². The highest BCUT2D eigenvalue weighted by Crippen LogP contribution is 2.52. The minimum Gasteiger partial charge on any atom is -0.507 e. The molecular formula is C30H30Cl3NO12. The van der Waals surface area contributed by atoms with Crippen LogP contribution in [0.25, 0.3) is 0 Å². The zero-order chi connectivity index (χ0) is 33.9. The number of carbonyl (C=O) groups excluding carboxylic acids is 4. The van der Waals surface area contributed by atoms with Crippen LogP contribution in [0.3, 0.4) is 0 Å². The highest BCUT2D eigenvalue weighted by molar-refractivity contribution is 6.67. The molecule has 13 nitrogen and oxygen atoms in total. The lowest BCUT2D eigenvalue weighted by molar-refractivity contribution is -0.249. The predicted octanol–water partition coefficient (Wildman–Crippen LogP) is 3.17. The van der Waals surface area contributed by atoms with Crippen molar-refractivity contribution in [2.24, 2.45) is 0 Å². The number of benzene rings is 2. The lowest BCUT2D eigenvalue weighted by Crippen LogP contribution is -2.56. The maximum atomic E-state index is 13.8. The molecule has 5 N–H and O–H groups in total. The van der Waals surface area contributed by atoms with Crippen LogP contribution in [0.2, 0.25) is 0 Å². The van der Waals surface area contributed by atoms with Gasteiger partial charge in [0, 0.05) is 36.0 Å². The molecule has 248 valence electrons. The van der Waals surface area contributed by atoms with Crippen molar-refractivity contribution < 1.29 is 58.6 Å². The lowest BCUT2D eigenvalue weighted by Gasteiger charge is -2.42. The SMILES string of the molecule is COc1cccc2c1C(=O)c1c(O)c3c(c(O)c1C2=O)C[C@@](O)(C(C)=O)C[C@@H]3OC1CC(NC(=O)OCC(Cl)(Cl)Cl)C(O)C(C)O1. The van der Waals surface area contributed by atoms with Crippen molar-refractivity contribution in [2.45, 2.75) is 73.1 Å². The first-order chi connectivity index (χ1) is 21.5. The number of ketones is 3. The summed E-state index contributed by atoms with van der Waals surface area (Å²) in [5.41, 5.74) is -3.59. The fourth-order valence-corrected chi connectivity index (χ4v) is 6.27. The van der Waals surface area contributed by atoms with Crippen LogP contribution in [-0.2, 0) is 25.4 Å². The second-order valence-corrected chi connectivity index (χ2v) is 13.9. The summed E-state index contributed by atoms with van der Waals surface area (Å²) in [6.07, 6.45) is -6.94. The topological polar surface area (TPSA) is 198 Å². The Morgan fingerprint density at radius 1 is 1.11 bits per heavy atom. The van der Waals surface area contributed by atoms with Crippen molar-refractivity contribution in [3.05, 3.63) is 51.6 Å². The molecule has 6 atom stereocenters. The molecule has 4 unspecified atom stereocenters. The second-order valence-electron chi connectivity index (χ2n) is 11.4. The Kier molecular flexibility index (Phi) is 9.25. The van der Waals surface area contributed by atoms with Gasteiger partial charge in [-0.3, -0.25) is 14.4 Å². The number of phenols is 2. The number of rotatable bonds is 6. The number of aliphatic hydroxyl groups is 2. The molecule has 2 aromatic rings. The monoisotopic (exact) mass is 701 g/mol. The number of ether oxygens (including phenoxy) is 4. The van der Waals surface area contributed by atoms with Gasteiger partial charge >= 0.3 is 6.09 Å². The molecule has 0 aromatic heterocycles. The third-order valence-corrected chi connectivity index (χ3v) is 8.75. The highest BCUT2D eigenvalue weighted by atomic mass is 35.6. The van der Waals surface area contributed by atoms with Crippen molar-refractivity contribution >= 4 is 58.2 Å². The Morgan fingerprint density at radius 2 is 1.78 bits per heavy atom. The van der Waals surface area contributed by atoms with Gasteiger partial charge in [-0.1, -0.05) is 46.9 Å². The summed E-state index contributed by atoms with van der Waals surface area (Å²) in [6, 6.07) is 3.33. The van der Waals surface area contributed by atoms with Crippen LogP contribution >= 0.6 is 34.8 Å². The number of fused-ring (bicyclic) bond motifs is 3. The number of amides is 1. The number of hydrogen-bond acceptors (Lipinski definition) is 12. The molecule has 1 aliphatic heterocycles. The van der Waals surface area contributed by atoms with Crippen LogP contribution in [0, 0.1) is 0 Å². The number of Topliss-reactive ketones (excluding diaryl/α,β-unsaturated/α-hetero) is 1. The van der Waals surface area contributed by atoms with E-state index in [1.807, 2.05) is 0 Å². The van der Waals surface area contributed by atoms with Crippen LogP contribution in [0.5, 0.6) is 17.2 Å². The largest absolute Gasteiger partial charge is 0.507 e. The van der Waals surface area contributed by atoms with E-state index in [0.29, 0.717) is 0 Å². The molecule has 5 rings (SSSR count). The number of methoxy groups -OCH3 is 1. The quantitative estimate of drug-likeness (QED) is 0.186. The number of phenolic OH excluding ortho intramolecular Hbond substituents is 2. The van der Waals surface area contributed by atoms with Gasteiger partial charge < -0.3 is 44.7 Å². The second kappa shape index (κ2) is 12.5. The smallest absolute Gasteiger partial charge is 0.407 e. The molecule has 46 heavy (non-hydrogen) atoms. The summed E-state index contributed by atoms with van der Waals surface area (Å²) < 4.78 is 20.2. The van der Waals surface area contributed by atoms with E-state index in [1.54, 1.807) is 0 Å². The molecule has 1 heterocycles. The number of aromatic hydroxyl groups is 2. The van der Waals surface area contributed by atoms with Gasteiger partial charge in [0.1, 0.15) is 35.6 Å². The first kappa shape index (κ1) is 34.2. The van der Waals surface area contributed by atoms with E-state index in [-0.39, 0.29) is 34.4 Å². The van der Waals surface area contributed by atoms with Crippen molar-refractivity contribution in [3.8, 4) is 17.2 Å². The zero-order valence-electron chi connectivity index (χ0n) is 24.6. The Hall–Kier alpha value is -3.17. The number of alkyl halides is 3. The number of halogens is 3. The van der Waals surface area contributed by atoms with E-state index in [9.17, 15) is 39.6 Å². The van der Waals surface area contributed by atoms with Crippen molar-refractivity contribution in [1.29, 1.82) is 0 Å². The molecule has 0 bridgehead atoms. The molecule has 1 saturated heterocycles. The average molecular weight is 703 g/mol.